The van der Waals surface area contributed by atoms with Gasteiger partial charge in [-0.15, -0.1) is 0 Å². The number of hydrogen-bond acceptors (Lipinski definition) is 2. The van der Waals surface area contributed by atoms with Gasteiger partial charge in [-0.2, -0.15) is 0 Å². The highest BCUT2D eigenvalue weighted by atomic mass is 16.5. The summed E-state index contributed by atoms with van der Waals surface area (Å²) in [7, 11) is 0. The molecule has 2 rings (SSSR count). The summed E-state index contributed by atoms with van der Waals surface area (Å²) in [4.78, 5) is 11.4. The van der Waals surface area contributed by atoms with Crippen molar-refractivity contribution in [2.75, 3.05) is 6.61 Å². The molecule has 1 aliphatic carbocycles. The van der Waals surface area contributed by atoms with E-state index >= 15 is 0 Å². The molecular weight excluding hydrogens is 224 g/mol. The number of Topliss-reactive ketones (excluding diaryl/α,β-unsaturated/α-hetero) is 1. The maximum atomic E-state index is 11.4. The Morgan fingerprint density at radius 2 is 1.94 bits per heavy atom. The van der Waals surface area contributed by atoms with Crippen molar-refractivity contribution in [1.82, 2.24) is 0 Å². The zero-order valence-electron chi connectivity index (χ0n) is 12.3. The minimum atomic E-state index is 0.139. The predicted molar refractivity (Wildman–Crippen MR) is 73.6 cm³/mol. The molecule has 1 aliphatic heterocycles. The van der Waals surface area contributed by atoms with Crippen molar-refractivity contribution in [3.8, 4) is 0 Å². The van der Waals surface area contributed by atoms with Crippen molar-refractivity contribution in [3.63, 3.8) is 0 Å². The summed E-state index contributed by atoms with van der Waals surface area (Å²) >= 11 is 0. The van der Waals surface area contributed by atoms with Crippen LogP contribution in [0.1, 0.15) is 72.1 Å². The van der Waals surface area contributed by atoms with Crippen LogP contribution in [0.2, 0.25) is 0 Å². The Hall–Kier alpha value is -0.370. The van der Waals surface area contributed by atoms with E-state index in [4.69, 9.17) is 4.74 Å². The van der Waals surface area contributed by atoms with Gasteiger partial charge in [0.1, 0.15) is 5.78 Å². The first-order valence-corrected chi connectivity index (χ1v) is 7.57. The molecule has 2 heteroatoms. The molecule has 0 N–H and O–H groups in total. The summed E-state index contributed by atoms with van der Waals surface area (Å²) in [5.41, 5.74) is 0.301. The third-order valence-corrected chi connectivity index (χ3v) is 5.07. The second-order valence-corrected chi connectivity index (χ2v) is 7.15. The van der Waals surface area contributed by atoms with Crippen LogP contribution in [0.25, 0.3) is 0 Å². The van der Waals surface area contributed by atoms with Gasteiger partial charge in [-0.25, -0.2) is 0 Å². The highest BCUT2D eigenvalue weighted by Crippen LogP contribution is 2.47. The summed E-state index contributed by atoms with van der Waals surface area (Å²) in [5.74, 6) is 0.970. The molecule has 1 unspecified atom stereocenters. The van der Waals surface area contributed by atoms with E-state index < -0.39 is 0 Å². The molecule has 1 saturated carbocycles. The van der Waals surface area contributed by atoms with E-state index in [1.165, 1.54) is 38.5 Å². The molecule has 1 saturated heterocycles. The topological polar surface area (TPSA) is 26.3 Å². The van der Waals surface area contributed by atoms with Gasteiger partial charge in [0.25, 0.3) is 0 Å². The molecular formula is C16H28O2. The first-order valence-electron chi connectivity index (χ1n) is 7.57. The highest BCUT2D eigenvalue weighted by molar-refractivity contribution is 5.76. The number of carbonyl (C=O) groups is 1. The number of ether oxygens (including phenoxy) is 1. The number of ketones is 1. The Bertz CT molecular complexity index is 295. The van der Waals surface area contributed by atoms with Crippen LogP contribution >= 0.6 is 0 Å². The Morgan fingerprint density at radius 3 is 2.56 bits per heavy atom. The van der Waals surface area contributed by atoms with Crippen LogP contribution in [-0.4, -0.2) is 18.0 Å². The molecule has 2 nitrogen and oxygen atoms in total. The number of rotatable bonds is 3. The van der Waals surface area contributed by atoms with Crippen LogP contribution in [-0.2, 0) is 9.53 Å². The lowest BCUT2D eigenvalue weighted by Gasteiger charge is -2.48. The van der Waals surface area contributed by atoms with E-state index in [9.17, 15) is 4.79 Å². The van der Waals surface area contributed by atoms with Gasteiger partial charge < -0.3 is 9.53 Å². The van der Waals surface area contributed by atoms with E-state index in [0.717, 1.165) is 13.0 Å². The quantitative estimate of drug-likeness (QED) is 0.755. The molecule has 2 aliphatic rings. The summed E-state index contributed by atoms with van der Waals surface area (Å²) < 4.78 is 6.15. The zero-order valence-corrected chi connectivity index (χ0v) is 12.3. The Kier molecular flexibility index (Phi) is 4.15. The van der Waals surface area contributed by atoms with Crippen LogP contribution in [0.5, 0.6) is 0 Å². The highest BCUT2D eigenvalue weighted by Gasteiger charge is 2.43. The van der Waals surface area contributed by atoms with Gasteiger partial charge in [-0.3, -0.25) is 0 Å². The van der Waals surface area contributed by atoms with Crippen LogP contribution < -0.4 is 0 Å². The normalized spacial score (nSPS) is 28.3. The van der Waals surface area contributed by atoms with Gasteiger partial charge in [-0.05, 0) is 43.9 Å². The lowest BCUT2D eigenvalue weighted by molar-refractivity contribution is -0.139. The lowest BCUT2D eigenvalue weighted by atomic mass is 9.65. The fraction of sp³-hybridized carbons (Fsp3) is 0.938. The van der Waals surface area contributed by atoms with E-state index in [1.54, 1.807) is 6.92 Å². The molecule has 18 heavy (non-hydrogen) atoms. The molecule has 0 radical (unpaired) electrons. The average molecular weight is 252 g/mol. The fourth-order valence-electron chi connectivity index (χ4n) is 4.03. The largest absolute Gasteiger partial charge is 0.375 e. The second kappa shape index (κ2) is 5.32. The van der Waals surface area contributed by atoms with Gasteiger partial charge in [0.15, 0.2) is 0 Å². The Balaban J connectivity index is 2.03. The lowest BCUT2D eigenvalue weighted by Crippen LogP contribution is -2.45. The van der Waals surface area contributed by atoms with Gasteiger partial charge in [-0.1, -0.05) is 33.1 Å². The molecule has 1 spiro atoms. The van der Waals surface area contributed by atoms with Crippen molar-refractivity contribution in [2.45, 2.75) is 77.7 Å². The first-order chi connectivity index (χ1) is 8.44. The summed E-state index contributed by atoms with van der Waals surface area (Å²) in [6, 6.07) is 0. The van der Waals surface area contributed by atoms with Crippen LogP contribution in [0, 0.1) is 11.3 Å². The van der Waals surface area contributed by atoms with Crippen molar-refractivity contribution in [3.05, 3.63) is 0 Å². The molecule has 0 aromatic carbocycles. The molecule has 0 aromatic heterocycles. The summed E-state index contributed by atoms with van der Waals surface area (Å²) in [5, 5.41) is 0. The molecule has 2 fully saturated rings. The summed E-state index contributed by atoms with van der Waals surface area (Å²) in [6.07, 6.45) is 9.49. The molecule has 104 valence electrons. The molecule has 1 atom stereocenters. The van der Waals surface area contributed by atoms with Gasteiger partial charge in [0.2, 0.25) is 0 Å². The number of carbonyl (C=O) groups excluding carboxylic acids is 1. The summed E-state index contributed by atoms with van der Waals surface area (Å²) in [6.45, 7) is 7.14. The van der Waals surface area contributed by atoms with Crippen LogP contribution in [0.3, 0.4) is 0 Å². The average Bonchev–Trinajstić information content (AvgIpc) is 2.28. The Labute approximate surface area is 111 Å². The Morgan fingerprint density at radius 1 is 1.28 bits per heavy atom. The molecule has 0 amide bonds. The van der Waals surface area contributed by atoms with E-state index in [-0.39, 0.29) is 11.0 Å². The molecule has 0 aromatic rings. The van der Waals surface area contributed by atoms with Crippen molar-refractivity contribution in [2.24, 2.45) is 11.3 Å². The van der Waals surface area contributed by atoms with Crippen molar-refractivity contribution in [1.29, 1.82) is 0 Å². The predicted octanol–water partition coefficient (Wildman–Crippen LogP) is 4.12. The number of hydrogen-bond donors (Lipinski definition) is 0. The monoisotopic (exact) mass is 252 g/mol. The minimum absolute atomic E-state index is 0.139. The maximum absolute atomic E-state index is 11.4. The SMILES string of the molecule is CC(=O)CC(C)(C)C1CCOC2(CCCCC2)C1. The van der Waals surface area contributed by atoms with Crippen molar-refractivity contribution >= 4 is 5.78 Å². The maximum Gasteiger partial charge on any atom is 0.130 e. The smallest absolute Gasteiger partial charge is 0.130 e. The molecule has 1 heterocycles. The molecule has 0 bridgehead atoms. The van der Waals surface area contributed by atoms with E-state index in [1.807, 2.05) is 0 Å². The van der Waals surface area contributed by atoms with E-state index in [0.29, 0.717) is 18.1 Å². The first kappa shape index (κ1) is 14.0. The third kappa shape index (κ3) is 3.14. The van der Waals surface area contributed by atoms with Gasteiger partial charge >= 0.3 is 0 Å². The standard InChI is InChI=1S/C16H28O2/c1-13(17)11-15(2,3)14-7-10-18-16(12-14)8-5-4-6-9-16/h14H,4-12H2,1-3H3. The second-order valence-electron chi connectivity index (χ2n) is 7.15. The third-order valence-electron chi connectivity index (χ3n) is 5.07. The minimum Gasteiger partial charge on any atom is -0.375 e. The van der Waals surface area contributed by atoms with E-state index in [2.05, 4.69) is 13.8 Å². The van der Waals surface area contributed by atoms with Crippen LogP contribution in [0.15, 0.2) is 0 Å². The fourth-order valence-corrected chi connectivity index (χ4v) is 4.03. The van der Waals surface area contributed by atoms with Gasteiger partial charge in [0, 0.05) is 13.0 Å². The van der Waals surface area contributed by atoms with Crippen LogP contribution in [0.4, 0.5) is 0 Å². The van der Waals surface area contributed by atoms with Gasteiger partial charge in [0.05, 0.1) is 5.60 Å². The van der Waals surface area contributed by atoms with Crippen molar-refractivity contribution < 1.29 is 9.53 Å². The zero-order chi connectivity index (χ0) is 13.2.